The molecule has 0 aliphatic carbocycles. The molecule has 0 fully saturated rings. The van der Waals surface area contributed by atoms with Crippen LogP contribution in [-0.4, -0.2) is 24.3 Å². The van der Waals surface area contributed by atoms with Gasteiger partial charge in [0, 0.05) is 28.6 Å². The second-order valence-corrected chi connectivity index (χ2v) is 7.23. The lowest BCUT2D eigenvalue weighted by atomic mass is 10.0. The van der Waals surface area contributed by atoms with Gasteiger partial charge in [-0.2, -0.15) is 0 Å². The Morgan fingerprint density at radius 1 is 0.621 bits per heavy atom. The summed E-state index contributed by atoms with van der Waals surface area (Å²) in [6.45, 7) is 0. The minimum absolute atomic E-state index is 0.555. The number of hydrogen-bond acceptors (Lipinski definition) is 4. The minimum Gasteiger partial charge on any atom is -0.292 e. The van der Waals surface area contributed by atoms with E-state index in [1.807, 2.05) is 0 Å². The zero-order valence-electron chi connectivity index (χ0n) is 15.2. The van der Waals surface area contributed by atoms with E-state index in [2.05, 4.69) is 81.1 Å². The van der Waals surface area contributed by atoms with E-state index in [9.17, 15) is 0 Å². The summed E-state index contributed by atoms with van der Waals surface area (Å²) in [4.78, 5) is 18.5. The number of rotatable bonds is 0. The average Bonchev–Trinajstić information content (AvgIpc) is 3.17. The molecule has 7 rings (SSSR count). The van der Waals surface area contributed by atoms with Crippen LogP contribution in [0.3, 0.4) is 0 Å². The van der Waals surface area contributed by atoms with Crippen LogP contribution in [0.2, 0.25) is 0 Å². The Morgan fingerprint density at radius 2 is 1.38 bits per heavy atom. The van der Waals surface area contributed by atoms with Gasteiger partial charge >= 0.3 is 0 Å². The Bertz CT molecular complexity index is 1760. The third kappa shape index (κ3) is 1.88. The monoisotopic (exact) mass is 371 g/mol. The summed E-state index contributed by atoms with van der Waals surface area (Å²) in [7, 11) is 0. The predicted molar refractivity (Wildman–Crippen MR) is 116 cm³/mol. The average molecular weight is 371 g/mol. The Labute approximate surface area is 164 Å². The maximum atomic E-state index is 4.89. The third-order valence-corrected chi connectivity index (χ3v) is 5.66. The molecule has 0 saturated carbocycles. The van der Waals surface area contributed by atoms with E-state index < -0.39 is 0 Å². The van der Waals surface area contributed by atoms with Crippen LogP contribution in [0.4, 0.5) is 0 Å². The summed E-state index contributed by atoms with van der Waals surface area (Å²) >= 11 is 0. The SMILES string of the molecule is c1ccc2c(c1)ccc1c3nc4nccnc4nc3n3c4ccccc4cc3c21. The molecule has 0 unspecified atom stereocenters. The van der Waals surface area contributed by atoms with Gasteiger partial charge in [-0.25, -0.2) is 19.9 Å². The minimum atomic E-state index is 0.555. The summed E-state index contributed by atoms with van der Waals surface area (Å²) in [5.74, 6) is 0. The number of para-hydroxylation sites is 1. The number of aromatic nitrogens is 5. The molecule has 0 aliphatic heterocycles. The van der Waals surface area contributed by atoms with Crippen LogP contribution in [-0.2, 0) is 0 Å². The van der Waals surface area contributed by atoms with Gasteiger partial charge in [0.1, 0.15) is 5.52 Å². The van der Waals surface area contributed by atoms with Gasteiger partial charge in [-0.1, -0.05) is 54.6 Å². The van der Waals surface area contributed by atoms with E-state index >= 15 is 0 Å². The van der Waals surface area contributed by atoms with Crippen molar-refractivity contribution in [2.75, 3.05) is 0 Å². The van der Waals surface area contributed by atoms with Gasteiger partial charge in [-0.05, 0) is 22.9 Å². The zero-order chi connectivity index (χ0) is 18.9. The normalized spacial score (nSPS) is 12.1. The molecule has 7 aromatic rings. The standard InChI is InChI=1S/C24H13N5/c1-3-7-16-14(5-1)9-10-17-20(16)19-13-15-6-2-4-8-18(15)29(19)24-21(17)27-22-23(28-24)26-12-11-25-22/h1-13H. The summed E-state index contributed by atoms with van der Waals surface area (Å²) in [6.07, 6.45) is 3.31. The first kappa shape index (κ1) is 14.9. The fourth-order valence-corrected chi connectivity index (χ4v) is 4.44. The molecule has 0 radical (unpaired) electrons. The van der Waals surface area contributed by atoms with Gasteiger partial charge in [0.05, 0.1) is 11.0 Å². The molecule has 0 spiro atoms. The Kier molecular flexibility index (Phi) is 2.68. The molecule has 4 heterocycles. The second-order valence-electron chi connectivity index (χ2n) is 7.23. The van der Waals surface area contributed by atoms with E-state index in [0.717, 1.165) is 27.6 Å². The Balaban J connectivity index is 1.90. The third-order valence-electron chi connectivity index (χ3n) is 5.66. The van der Waals surface area contributed by atoms with Gasteiger partial charge in [-0.15, -0.1) is 0 Å². The molecule has 5 heteroatoms. The van der Waals surface area contributed by atoms with Crippen molar-refractivity contribution >= 4 is 60.4 Å². The molecular formula is C24H13N5. The van der Waals surface area contributed by atoms with Gasteiger partial charge in [0.25, 0.3) is 0 Å². The maximum absolute atomic E-state index is 4.89. The van der Waals surface area contributed by atoms with Crippen LogP contribution >= 0.6 is 0 Å². The molecule has 4 aromatic heterocycles. The highest BCUT2D eigenvalue weighted by Gasteiger charge is 2.17. The van der Waals surface area contributed by atoms with Gasteiger partial charge in [0.15, 0.2) is 16.9 Å². The van der Waals surface area contributed by atoms with E-state index in [1.54, 1.807) is 12.4 Å². The second kappa shape index (κ2) is 5.23. The van der Waals surface area contributed by atoms with Crippen LogP contribution < -0.4 is 0 Å². The predicted octanol–water partition coefficient (Wildman–Crippen LogP) is 5.29. The molecule has 29 heavy (non-hydrogen) atoms. The van der Waals surface area contributed by atoms with Crippen molar-refractivity contribution < 1.29 is 0 Å². The van der Waals surface area contributed by atoms with Crippen molar-refractivity contribution in [1.29, 1.82) is 0 Å². The highest BCUT2D eigenvalue weighted by atomic mass is 15.1. The van der Waals surface area contributed by atoms with Crippen molar-refractivity contribution in [2.24, 2.45) is 0 Å². The maximum Gasteiger partial charge on any atom is 0.199 e. The van der Waals surface area contributed by atoms with Crippen molar-refractivity contribution in [3.05, 3.63) is 79.1 Å². The van der Waals surface area contributed by atoms with Crippen LogP contribution in [0.1, 0.15) is 0 Å². The fraction of sp³-hybridized carbons (Fsp3) is 0. The highest BCUT2D eigenvalue weighted by molar-refractivity contribution is 6.23. The summed E-state index contributed by atoms with van der Waals surface area (Å²) in [5, 5.41) is 5.86. The lowest BCUT2D eigenvalue weighted by Crippen LogP contribution is -1.99. The largest absolute Gasteiger partial charge is 0.292 e. The fourth-order valence-electron chi connectivity index (χ4n) is 4.44. The molecule has 0 atom stereocenters. The van der Waals surface area contributed by atoms with Crippen molar-refractivity contribution in [1.82, 2.24) is 24.3 Å². The topological polar surface area (TPSA) is 56.0 Å². The number of pyridine rings is 1. The molecule has 0 bridgehead atoms. The van der Waals surface area contributed by atoms with Crippen LogP contribution in [0, 0.1) is 0 Å². The quantitative estimate of drug-likeness (QED) is 0.269. The Hall–Kier alpha value is -4.12. The number of nitrogens with zero attached hydrogens (tertiary/aromatic N) is 5. The summed E-state index contributed by atoms with van der Waals surface area (Å²) in [6, 6.07) is 23.4. The molecule has 0 saturated heterocycles. The highest BCUT2D eigenvalue weighted by Crippen LogP contribution is 2.36. The molecule has 134 valence electrons. The summed E-state index contributed by atoms with van der Waals surface area (Å²) in [5.41, 5.74) is 5.00. The van der Waals surface area contributed by atoms with Crippen LogP contribution in [0.5, 0.6) is 0 Å². The van der Waals surface area contributed by atoms with E-state index in [4.69, 9.17) is 9.97 Å². The number of fused-ring (bicyclic) bond motifs is 11. The molecule has 5 nitrogen and oxygen atoms in total. The molecule has 0 amide bonds. The lowest BCUT2D eigenvalue weighted by molar-refractivity contribution is 1.17. The number of benzene rings is 3. The number of hydrogen-bond donors (Lipinski definition) is 0. The molecule has 3 aromatic carbocycles. The molecule has 0 N–H and O–H groups in total. The first-order valence-electron chi connectivity index (χ1n) is 9.50. The van der Waals surface area contributed by atoms with E-state index in [0.29, 0.717) is 11.3 Å². The van der Waals surface area contributed by atoms with E-state index in [1.165, 1.54) is 21.5 Å². The smallest absolute Gasteiger partial charge is 0.199 e. The van der Waals surface area contributed by atoms with Gasteiger partial charge in [-0.3, -0.25) is 4.40 Å². The lowest BCUT2D eigenvalue weighted by Gasteiger charge is -2.11. The zero-order valence-corrected chi connectivity index (χ0v) is 15.2. The van der Waals surface area contributed by atoms with Crippen molar-refractivity contribution in [3.8, 4) is 0 Å². The first-order chi connectivity index (χ1) is 14.4. The molecule has 0 aliphatic rings. The van der Waals surface area contributed by atoms with Crippen molar-refractivity contribution in [3.63, 3.8) is 0 Å². The Morgan fingerprint density at radius 3 is 2.28 bits per heavy atom. The molecular weight excluding hydrogens is 358 g/mol. The van der Waals surface area contributed by atoms with Gasteiger partial charge < -0.3 is 0 Å². The van der Waals surface area contributed by atoms with E-state index in [-0.39, 0.29) is 0 Å². The van der Waals surface area contributed by atoms with Gasteiger partial charge in [0.2, 0.25) is 0 Å². The first-order valence-corrected chi connectivity index (χ1v) is 9.50. The summed E-state index contributed by atoms with van der Waals surface area (Å²) < 4.78 is 2.21. The van der Waals surface area contributed by atoms with Crippen LogP contribution in [0.15, 0.2) is 79.1 Å². The van der Waals surface area contributed by atoms with Crippen molar-refractivity contribution in [2.45, 2.75) is 0 Å². The van der Waals surface area contributed by atoms with Crippen LogP contribution in [0.25, 0.3) is 60.4 Å².